The molecule has 31 heavy (non-hydrogen) atoms. The average molecular weight is 545 g/mol. The number of hydrogen-bond acceptors (Lipinski definition) is 5. The van der Waals surface area contributed by atoms with Crippen LogP contribution in [0.15, 0.2) is 35.3 Å². The lowest BCUT2D eigenvalue weighted by atomic mass is 10.2. The lowest BCUT2D eigenvalue weighted by molar-refractivity contribution is 0.0220. The Morgan fingerprint density at radius 2 is 1.68 bits per heavy atom. The maximum absolute atomic E-state index is 5.45. The first kappa shape index (κ1) is 26.3. The minimum atomic E-state index is 0. The van der Waals surface area contributed by atoms with Crippen molar-refractivity contribution >= 4 is 29.9 Å². The maximum Gasteiger partial charge on any atom is 0.191 e. The predicted octanol–water partition coefficient (Wildman–Crippen LogP) is 1.70. The molecule has 0 bridgehead atoms. The molecule has 2 aliphatic heterocycles. The van der Waals surface area contributed by atoms with Crippen LogP contribution in [-0.2, 0) is 11.3 Å². The summed E-state index contributed by atoms with van der Waals surface area (Å²) in [4.78, 5) is 12.4. The van der Waals surface area contributed by atoms with Gasteiger partial charge in [-0.3, -0.25) is 19.7 Å². The van der Waals surface area contributed by atoms with Crippen LogP contribution >= 0.6 is 24.0 Å². The van der Waals surface area contributed by atoms with Gasteiger partial charge in [-0.05, 0) is 19.4 Å². The van der Waals surface area contributed by atoms with Crippen molar-refractivity contribution in [3.63, 3.8) is 0 Å². The molecule has 3 rings (SSSR count). The number of nitrogens with one attached hydrogen (secondary N) is 2. The molecular formula is C23H41IN6O. The molecule has 0 aliphatic carbocycles. The Bertz CT molecular complexity index is 618. The van der Waals surface area contributed by atoms with Crippen molar-refractivity contribution < 1.29 is 4.74 Å². The number of nitrogens with zero attached hydrogens (tertiary/aromatic N) is 4. The summed E-state index contributed by atoms with van der Waals surface area (Å²) >= 11 is 0. The van der Waals surface area contributed by atoms with Crippen LogP contribution in [0.3, 0.4) is 0 Å². The molecule has 0 amide bonds. The molecule has 2 fully saturated rings. The molecule has 1 unspecified atom stereocenters. The number of guanidine groups is 1. The Balaban J connectivity index is 0.00000341. The second-order valence-electron chi connectivity index (χ2n) is 8.25. The second kappa shape index (κ2) is 15.0. The zero-order valence-electron chi connectivity index (χ0n) is 19.3. The third-order valence-electron chi connectivity index (χ3n) is 5.96. The smallest absolute Gasteiger partial charge is 0.191 e. The molecule has 1 aromatic rings. The molecule has 2 aliphatic rings. The van der Waals surface area contributed by atoms with E-state index in [2.05, 4.69) is 69.5 Å². The number of halogens is 1. The SMILES string of the molecule is CCNC(=NCC(C)N1CCOCC1)NCCN1CCN(Cc2ccccc2)CC1.I. The fourth-order valence-electron chi connectivity index (χ4n) is 4.04. The quantitative estimate of drug-likeness (QED) is 0.281. The lowest BCUT2D eigenvalue weighted by Gasteiger charge is -2.34. The highest BCUT2D eigenvalue weighted by molar-refractivity contribution is 14.0. The van der Waals surface area contributed by atoms with Gasteiger partial charge in [0.1, 0.15) is 0 Å². The molecule has 7 nitrogen and oxygen atoms in total. The van der Waals surface area contributed by atoms with Gasteiger partial charge >= 0.3 is 0 Å². The van der Waals surface area contributed by atoms with Crippen molar-refractivity contribution in [1.82, 2.24) is 25.3 Å². The first-order chi connectivity index (χ1) is 14.7. The highest BCUT2D eigenvalue weighted by Crippen LogP contribution is 2.08. The van der Waals surface area contributed by atoms with E-state index in [1.54, 1.807) is 0 Å². The molecule has 1 aromatic carbocycles. The molecule has 176 valence electrons. The van der Waals surface area contributed by atoms with E-state index in [0.29, 0.717) is 6.04 Å². The normalized spacial score (nSPS) is 20.1. The zero-order chi connectivity index (χ0) is 21.0. The van der Waals surface area contributed by atoms with Gasteiger partial charge in [-0.15, -0.1) is 24.0 Å². The van der Waals surface area contributed by atoms with E-state index >= 15 is 0 Å². The minimum absolute atomic E-state index is 0. The molecule has 1 atom stereocenters. The highest BCUT2D eigenvalue weighted by atomic mass is 127. The summed E-state index contributed by atoms with van der Waals surface area (Å²) in [5.41, 5.74) is 1.41. The first-order valence-electron chi connectivity index (χ1n) is 11.6. The van der Waals surface area contributed by atoms with Gasteiger partial charge in [-0.25, -0.2) is 0 Å². The predicted molar refractivity (Wildman–Crippen MR) is 139 cm³/mol. The Hall–Kier alpha value is -0.940. The molecule has 8 heteroatoms. The van der Waals surface area contributed by atoms with Gasteiger partial charge in [0.2, 0.25) is 0 Å². The van der Waals surface area contributed by atoms with Crippen LogP contribution in [-0.4, -0.2) is 105 Å². The number of morpholine rings is 1. The fourth-order valence-corrected chi connectivity index (χ4v) is 4.04. The summed E-state index contributed by atoms with van der Waals surface area (Å²) < 4.78 is 5.45. The van der Waals surface area contributed by atoms with Crippen molar-refractivity contribution in [3.8, 4) is 0 Å². The Morgan fingerprint density at radius 3 is 2.35 bits per heavy atom. The third kappa shape index (κ3) is 9.61. The molecule has 2 heterocycles. The van der Waals surface area contributed by atoms with Crippen molar-refractivity contribution in [1.29, 1.82) is 0 Å². The topological polar surface area (TPSA) is 55.4 Å². The van der Waals surface area contributed by atoms with Gasteiger partial charge in [0.25, 0.3) is 0 Å². The first-order valence-corrected chi connectivity index (χ1v) is 11.6. The molecule has 2 N–H and O–H groups in total. The van der Waals surface area contributed by atoms with Crippen LogP contribution in [0.25, 0.3) is 0 Å². The van der Waals surface area contributed by atoms with Crippen LogP contribution in [0.2, 0.25) is 0 Å². The van der Waals surface area contributed by atoms with Gasteiger partial charge in [-0.2, -0.15) is 0 Å². The van der Waals surface area contributed by atoms with E-state index in [-0.39, 0.29) is 24.0 Å². The molecule has 0 spiro atoms. The summed E-state index contributed by atoms with van der Waals surface area (Å²) in [7, 11) is 0. The number of benzene rings is 1. The van der Waals surface area contributed by atoms with E-state index in [9.17, 15) is 0 Å². The van der Waals surface area contributed by atoms with Crippen molar-refractivity contribution in [2.45, 2.75) is 26.4 Å². The second-order valence-corrected chi connectivity index (χ2v) is 8.25. The van der Waals surface area contributed by atoms with E-state index in [0.717, 1.165) is 91.2 Å². The van der Waals surface area contributed by atoms with Crippen molar-refractivity contribution in [3.05, 3.63) is 35.9 Å². The van der Waals surface area contributed by atoms with Crippen LogP contribution in [0, 0.1) is 0 Å². The number of ether oxygens (including phenoxy) is 1. The largest absolute Gasteiger partial charge is 0.379 e. The Kier molecular flexibility index (Phi) is 12.7. The highest BCUT2D eigenvalue weighted by Gasteiger charge is 2.18. The number of rotatable bonds is 9. The third-order valence-corrected chi connectivity index (χ3v) is 5.96. The lowest BCUT2D eigenvalue weighted by Crippen LogP contribution is -2.49. The molecule has 0 radical (unpaired) electrons. The minimum Gasteiger partial charge on any atom is -0.379 e. The van der Waals surface area contributed by atoms with E-state index < -0.39 is 0 Å². The van der Waals surface area contributed by atoms with E-state index in [4.69, 9.17) is 9.73 Å². The molecule has 0 saturated carbocycles. The van der Waals surface area contributed by atoms with Gasteiger partial charge in [0.05, 0.1) is 19.8 Å². The zero-order valence-corrected chi connectivity index (χ0v) is 21.6. The monoisotopic (exact) mass is 544 g/mol. The Morgan fingerprint density at radius 1 is 1.00 bits per heavy atom. The molecular weight excluding hydrogens is 503 g/mol. The summed E-state index contributed by atoms with van der Waals surface area (Å²) in [5, 5.41) is 6.90. The fraction of sp³-hybridized carbons (Fsp3) is 0.696. The van der Waals surface area contributed by atoms with Crippen LogP contribution in [0.5, 0.6) is 0 Å². The summed E-state index contributed by atoms with van der Waals surface area (Å²) in [5.74, 6) is 0.931. The van der Waals surface area contributed by atoms with Gasteiger partial charge < -0.3 is 15.4 Å². The van der Waals surface area contributed by atoms with Crippen LogP contribution in [0.1, 0.15) is 19.4 Å². The summed E-state index contributed by atoms with van der Waals surface area (Å²) in [6, 6.07) is 11.2. The molecule has 2 saturated heterocycles. The molecule has 0 aromatic heterocycles. The number of hydrogen-bond donors (Lipinski definition) is 2. The van der Waals surface area contributed by atoms with Crippen LogP contribution < -0.4 is 10.6 Å². The Labute approximate surface area is 205 Å². The van der Waals surface area contributed by atoms with Gasteiger partial charge in [-0.1, -0.05) is 30.3 Å². The van der Waals surface area contributed by atoms with Crippen molar-refractivity contribution in [2.24, 2.45) is 4.99 Å². The van der Waals surface area contributed by atoms with Crippen LogP contribution in [0.4, 0.5) is 0 Å². The van der Waals surface area contributed by atoms with E-state index in [1.165, 1.54) is 5.56 Å². The van der Waals surface area contributed by atoms with Gasteiger partial charge in [0, 0.05) is 71.5 Å². The van der Waals surface area contributed by atoms with Gasteiger partial charge in [0.15, 0.2) is 5.96 Å². The van der Waals surface area contributed by atoms with E-state index in [1.807, 2.05) is 0 Å². The summed E-state index contributed by atoms with van der Waals surface area (Å²) in [6.45, 7) is 17.4. The number of piperazine rings is 1. The number of aliphatic imine (C=N–C) groups is 1. The maximum atomic E-state index is 5.45. The summed E-state index contributed by atoms with van der Waals surface area (Å²) in [6.07, 6.45) is 0. The van der Waals surface area contributed by atoms with Crippen molar-refractivity contribution in [2.75, 3.05) is 78.7 Å². The standard InChI is InChI=1S/C23H40N6O.HI/c1-3-24-23(26-19-21(2)29-15-17-30-18-16-29)25-9-10-27-11-13-28(14-12-27)20-22-7-5-4-6-8-22;/h4-8,21H,3,9-20H2,1-2H3,(H2,24,25,26);1H. The average Bonchev–Trinajstić information content (AvgIpc) is 2.79.